The fraction of sp³-hybridized carbons (Fsp3) is 0.500. The Bertz CT molecular complexity index is 657. The van der Waals surface area contributed by atoms with Crippen molar-refractivity contribution in [2.45, 2.75) is 13.0 Å². The first kappa shape index (κ1) is 15.9. The molecule has 0 aliphatic carbocycles. The molecule has 2 fully saturated rings. The van der Waals surface area contributed by atoms with Gasteiger partial charge in [0.15, 0.2) is 0 Å². The van der Waals surface area contributed by atoms with Crippen LogP contribution in [-0.2, 0) is 4.79 Å². The van der Waals surface area contributed by atoms with Gasteiger partial charge in [-0.15, -0.1) is 0 Å². The zero-order chi connectivity index (χ0) is 16.6. The molecular weight excluding hydrogens is 314 g/mol. The first-order valence-electron chi connectivity index (χ1n) is 7.73. The zero-order valence-corrected chi connectivity index (χ0v) is 13.9. The van der Waals surface area contributed by atoms with Crippen LogP contribution in [0, 0.1) is 11.3 Å². The lowest BCUT2D eigenvalue weighted by Crippen LogP contribution is -2.64. The molecule has 122 valence electrons. The highest BCUT2D eigenvalue weighted by molar-refractivity contribution is 6.35. The number of piperazine rings is 1. The fourth-order valence-electron chi connectivity index (χ4n) is 3.20. The molecule has 2 saturated heterocycles. The normalized spacial score (nSPS) is 19.3. The second-order valence-electron chi connectivity index (χ2n) is 6.11. The molecule has 0 aromatic heterocycles. The van der Waals surface area contributed by atoms with Crippen molar-refractivity contribution in [2.75, 3.05) is 49.9 Å². The summed E-state index contributed by atoms with van der Waals surface area (Å²) in [7, 11) is 0. The SMILES string of the molecule is CC(=O)N1CC(N2CCN(c3cc(C#N)cc(N)c3Cl)CC2)C1. The topological polar surface area (TPSA) is 76.6 Å². The van der Waals surface area contributed by atoms with Crippen LogP contribution in [-0.4, -0.2) is 61.0 Å². The van der Waals surface area contributed by atoms with E-state index in [-0.39, 0.29) is 5.91 Å². The first-order valence-corrected chi connectivity index (χ1v) is 8.11. The monoisotopic (exact) mass is 333 g/mol. The van der Waals surface area contributed by atoms with E-state index >= 15 is 0 Å². The van der Waals surface area contributed by atoms with E-state index in [2.05, 4.69) is 15.9 Å². The molecule has 2 heterocycles. The molecule has 0 radical (unpaired) electrons. The number of hydrogen-bond acceptors (Lipinski definition) is 5. The van der Waals surface area contributed by atoms with E-state index in [1.807, 2.05) is 4.90 Å². The number of likely N-dealkylation sites (tertiary alicyclic amines) is 1. The quantitative estimate of drug-likeness (QED) is 0.821. The number of nitrogens with zero attached hydrogens (tertiary/aromatic N) is 4. The number of hydrogen-bond donors (Lipinski definition) is 1. The highest BCUT2D eigenvalue weighted by atomic mass is 35.5. The molecular formula is C16H20ClN5O. The lowest BCUT2D eigenvalue weighted by atomic mass is 10.1. The largest absolute Gasteiger partial charge is 0.397 e. The molecule has 0 bridgehead atoms. The minimum absolute atomic E-state index is 0.149. The average Bonchev–Trinajstić information content (AvgIpc) is 2.49. The Balaban J connectivity index is 1.63. The maximum atomic E-state index is 11.3. The molecule has 1 aromatic rings. The van der Waals surface area contributed by atoms with Gasteiger partial charge in [0.05, 0.1) is 28.0 Å². The third kappa shape index (κ3) is 3.07. The van der Waals surface area contributed by atoms with E-state index in [1.165, 1.54) is 0 Å². The minimum atomic E-state index is 0.149. The molecule has 2 aliphatic heterocycles. The van der Waals surface area contributed by atoms with Crippen molar-refractivity contribution in [1.29, 1.82) is 5.26 Å². The van der Waals surface area contributed by atoms with Gasteiger partial charge < -0.3 is 15.5 Å². The smallest absolute Gasteiger partial charge is 0.219 e. The summed E-state index contributed by atoms with van der Waals surface area (Å²) in [4.78, 5) is 17.7. The summed E-state index contributed by atoms with van der Waals surface area (Å²) in [6.07, 6.45) is 0. The molecule has 0 spiro atoms. The third-order valence-electron chi connectivity index (χ3n) is 4.69. The Labute approximate surface area is 141 Å². The summed E-state index contributed by atoms with van der Waals surface area (Å²) in [5.74, 6) is 0.149. The number of carbonyl (C=O) groups is 1. The second-order valence-corrected chi connectivity index (χ2v) is 6.49. The van der Waals surface area contributed by atoms with Gasteiger partial charge in [0, 0.05) is 52.2 Å². The molecule has 1 amide bonds. The molecule has 0 saturated carbocycles. The Morgan fingerprint density at radius 2 is 1.96 bits per heavy atom. The fourth-order valence-corrected chi connectivity index (χ4v) is 3.43. The summed E-state index contributed by atoms with van der Waals surface area (Å²) in [6.45, 7) is 6.78. The maximum absolute atomic E-state index is 11.3. The van der Waals surface area contributed by atoms with Crippen molar-refractivity contribution in [1.82, 2.24) is 9.80 Å². The number of amides is 1. The van der Waals surface area contributed by atoms with Crippen LogP contribution in [0.5, 0.6) is 0 Å². The average molecular weight is 334 g/mol. The van der Waals surface area contributed by atoms with Crippen molar-refractivity contribution in [3.63, 3.8) is 0 Å². The van der Waals surface area contributed by atoms with E-state index in [0.717, 1.165) is 45.0 Å². The lowest BCUT2D eigenvalue weighted by molar-refractivity contribution is -0.136. The van der Waals surface area contributed by atoms with Crippen molar-refractivity contribution < 1.29 is 4.79 Å². The Hall–Kier alpha value is -1.97. The van der Waals surface area contributed by atoms with Gasteiger partial charge in [-0.2, -0.15) is 5.26 Å². The molecule has 7 heteroatoms. The molecule has 3 rings (SSSR count). The van der Waals surface area contributed by atoms with Crippen molar-refractivity contribution in [3.8, 4) is 6.07 Å². The van der Waals surface area contributed by atoms with Gasteiger partial charge in [-0.3, -0.25) is 9.69 Å². The lowest BCUT2D eigenvalue weighted by Gasteiger charge is -2.48. The number of nitriles is 1. The van der Waals surface area contributed by atoms with Crippen LogP contribution < -0.4 is 10.6 Å². The molecule has 2 N–H and O–H groups in total. The van der Waals surface area contributed by atoms with Gasteiger partial charge in [-0.05, 0) is 12.1 Å². The van der Waals surface area contributed by atoms with Gasteiger partial charge in [0.25, 0.3) is 0 Å². The van der Waals surface area contributed by atoms with Crippen molar-refractivity contribution in [3.05, 3.63) is 22.7 Å². The van der Waals surface area contributed by atoms with E-state index in [4.69, 9.17) is 22.6 Å². The third-order valence-corrected chi connectivity index (χ3v) is 5.10. The zero-order valence-electron chi connectivity index (χ0n) is 13.1. The standard InChI is InChI=1S/C16H20ClN5O/c1-11(23)22-9-13(10-22)20-2-4-21(5-3-20)15-7-12(8-18)6-14(19)16(15)17/h6-7,13H,2-5,9-10,19H2,1H3. The molecule has 2 aliphatic rings. The number of nitrogen functional groups attached to an aromatic ring is 1. The summed E-state index contributed by atoms with van der Waals surface area (Å²) < 4.78 is 0. The van der Waals surface area contributed by atoms with E-state index in [9.17, 15) is 4.79 Å². The molecule has 0 atom stereocenters. The first-order chi connectivity index (χ1) is 11.0. The predicted molar refractivity (Wildman–Crippen MR) is 90.4 cm³/mol. The van der Waals surface area contributed by atoms with Gasteiger partial charge in [-0.1, -0.05) is 11.6 Å². The van der Waals surface area contributed by atoms with Gasteiger partial charge in [-0.25, -0.2) is 0 Å². The Morgan fingerprint density at radius 1 is 1.30 bits per heavy atom. The predicted octanol–water partition coefficient (Wildman–Crippen LogP) is 1.15. The highest BCUT2D eigenvalue weighted by Crippen LogP contribution is 2.33. The van der Waals surface area contributed by atoms with Crippen molar-refractivity contribution >= 4 is 28.9 Å². The summed E-state index contributed by atoms with van der Waals surface area (Å²) >= 11 is 6.31. The van der Waals surface area contributed by atoms with E-state index in [1.54, 1.807) is 19.1 Å². The van der Waals surface area contributed by atoms with Gasteiger partial charge in [0.2, 0.25) is 5.91 Å². The Kier molecular flexibility index (Phi) is 4.33. The van der Waals surface area contributed by atoms with Crippen LogP contribution in [0.2, 0.25) is 5.02 Å². The van der Waals surface area contributed by atoms with Gasteiger partial charge in [0.1, 0.15) is 0 Å². The van der Waals surface area contributed by atoms with E-state index < -0.39 is 0 Å². The summed E-state index contributed by atoms with van der Waals surface area (Å²) in [5.41, 5.74) is 7.70. The number of anilines is 2. The molecule has 6 nitrogen and oxygen atoms in total. The van der Waals surface area contributed by atoms with Crippen LogP contribution >= 0.6 is 11.6 Å². The van der Waals surface area contributed by atoms with Crippen LogP contribution in [0.1, 0.15) is 12.5 Å². The Morgan fingerprint density at radius 3 is 2.52 bits per heavy atom. The number of halogens is 1. The summed E-state index contributed by atoms with van der Waals surface area (Å²) in [6, 6.07) is 5.99. The maximum Gasteiger partial charge on any atom is 0.219 e. The molecule has 1 aromatic carbocycles. The van der Waals surface area contributed by atoms with Crippen LogP contribution in [0.15, 0.2) is 12.1 Å². The molecule has 23 heavy (non-hydrogen) atoms. The van der Waals surface area contributed by atoms with Crippen LogP contribution in [0.25, 0.3) is 0 Å². The second kappa shape index (κ2) is 6.26. The highest BCUT2D eigenvalue weighted by Gasteiger charge is 2.34. The van der Waals surface area contributed by atoms with Crippen LogP contribution in [0.4, 0.5) is 11.4 Å². The van der Waals surface area contributed by atoms with Crippen LogP contribution in [0.3, 0.4) is 0 Å². The molecule has 0 unspecified atom stereocenters. The van der Waals surface area contributed by atoms with E-state index in [0.29, 0.717) is 22.3 Å². The number of nitrogens with two attached hydrogens (primary N) is 1. The minimum Gasteiger partial charge on any atom is -0.397 e. The van der Waals surface area contributed by atoms with Gasteiger partial charge >= 0.3 is 0 Å². The summed E-state index contributed by atoms with van der Waals surface area (Å²) in [5, 5.41) is 9.61. The number of carbonyl (C=O) groups excluding carboxylic acids is 1. The number of benzene rings is 1. The number of rotatable bonds is 2. The van der Waals surface area contributed by atoms with Crippen molar-refractivity contribution in [2.24, 2.45) is 0 Å².